The number of aliphatic carboxylic acids is 1. The smallest absolute Gasteiger partial charge is 0.354 e. The van der Waals surface area contributed by atoms with Gasteiger partial charge in [-0.1, -0.05) is 54.9 Å². The highest BCUT2D eigenvalue weighted by molar-refractivity contribution is 6.30. The topological polar surface area (TPSA) is 129 Å². The molecular weight excluding hydrogens is 458 g/mol. The number of carbonyl (C=O) groups is 3. The molecule has 0 bridgehead atoms. The van der Waals surface area contributed by atoms with Gasteiger partial charge in [-0.05, 0) is 54.2 Å². The molecule has 2 aromatic carbocycles. The number of nitrogens with zero attached hydrogens (tertiary/aromatic N) is 2. The van der Waals surface area contributed by atoms with E-state index in [1.165, 1.54) is 12.3 Å². The first-order valence-corrected chi connectivity index (χ1v) is 11.1. The fraction of sp³-hybridized carbons (Fsp3) is 0.240. The van der Waals surface area contributed by atoms with Gasteiger partial charge in [0.2, 0.25) is 5.82 Å². The Hall–Kier alpha value is -3.78. The summed E-state index contributed by atoms with van der Waals surface area (Å²) in [6.07, 6.45) is 2.49. The highest BCUT2D eigenvalue weighted by Gasteiger charge is 2.22. The Morgan fingerprint density at radius 3 is 2.41 bits per heavy atom. The van der Waals surface area contributed by atoms with E-state index in [2.05, 4.69) is 15.3 Å². The Kier molecular flexibility index (Phi) is 8.32. The first-order chi connectivity index (χ1) is 16.2. The monoisotopic (exact) mass is 481 g/mol. The van der Waals surface area contributed by atoms with Crippen LogP contribution in [0.3, 0.4) is 0 Å². The molecule has 3 N–H and O–H groups in total. The third-order valence-electron chi connectivity index (χ3n) is 5.37. The summed E-state index contributed by atoms with van der Waals surface area (Å²) in [5, 5.41) is 21.8. The van der Waals surface area contributed by atoms with Gasteiger partial charge in [0.1, 0.15) is 0 Å². The van der Waals surface area contributed by atoms with Crippen molar-refractivity contribution in [3.63, 3.8) is 0 Å². The summed E-state index contributed by atoms with van der Waals surface area (Å²) >= 11 is 6.07. The molecule has 0 radical (unpaired) electrons. The van der Waals surface area contributed by atoms with Crippen molar-refractivity contribution in [2.75, 3.05) is 0 Å². The quantitative estimate of drug-likeness (QED) is 0.392. The maximum absolute atomic E-state index is 12.6. The van der Waals surface area contributed by atoms with Gasteiger partial charge in [0.15, 0.2) is 5.69 Å². The first-order valence-electron chi connectivity index (χ1n) is 10.7. The number of hydrogen-bond donors (Lipinski definition) is 3. The highest BCUT2D eigenvalue weighted by atomic mass is 35.5. The summed E-state index contributed by atoms with van der Waals surface area (Å²) in [4.78, 5) is 42.7. The minimum Gasteiger partial charge on any atom is -0.481 e. The fourth-order valence-corrected chi connectivity index (χ4v) is 3.68. The maximum Gasteiger partial charge on any atom is 0.354 e. The summed E-state index contributed by atoms with van der Waals surface area (Å²) in [6.45, 7) is 1.57. The molecule has 34 heavy (non-hydrogen) atoms. The standard InChI is InChI=1S/C25H24ClN3O5/c1-15(24(31)32)13-20(28-23(30)22-27-12-11-21(29-22)25(33)34)10-7-16-5-8-17(9-6-16)18-3-2-4-19(26)14-18/h2-6,8-9,11-12,14-15,20H,7,10,13H2,1H3,(H,28,30)(H,31,32)(H,33,34). The Balaban J connectivity index is 1.69. The summed E-state index contributed by atoms with van der Waals surface area (Å²) in [5.74, 6) is -3.84. The molecule has 0 saturated carbocycles. The van der Waals surface area contributed by atoms with E-state index in [-0.39, 0.29) is 17.9 Å². The van der Waals surface area contributed by atoms with E-state index in [4.69, 9.17) is 16.7 Å². The fourth-order valence-electron chi connectivity index (χ4n) is 3.49. The first kappa shape index (κ1) is 24.9. The second kappa shape index (κ2) is 11.4. The van der Waals surface area contributed by atoms with Crippen molar-refractivity contribution >= 4 is 29.4 Å². The lowest BCUT2D eigenvalue weighted by Gasteiger charge is -2.20. The second-order valence-electron chi connectivity index (χ2n) is 7.96. The van der Waals surface area contributed by atoms with Gasteiger partial charge in [0.25, 0.3) is 5.91 Å². The number of benzene rings is 2. The van der Waals surface area contributed by atoms with Crippen molar-refractivity contribution in [3.05, 3.63) is 82.9 Å². The maximum atomic E-state index is 12.6. The number of carboxylic acids is 2. The number of hydrogen-bond acceptors (Lipinski definition) is 5. The normalized spacial score (nSPS) is 12.5. The highest BCUT2D eigenvalue weighted by Crippen LogP contribution is 2.23. The molecule has 0 aliphatic carbocycles. The molecule has 8 nitrogen and oxygen atoms in total. The third kappa shape index (κ3) is 6.86. The number of nitrogens with one attached hydrogen (secondary N) is 1. The van der Waals surface area contributed by atoms with Crippen LogP contribution in [0.15, 0.2) is 60.8 Å². The zero-order valence-corrected chi connectivity index (χ0v) is 19.2. The second-order valence-corrected chi connectivity index (χ2v) is 8.40. The average molecular weight is 482 g/mol. The van der Waals surface area contributed by atoms with Crippen LogP contribution in [0.2, 0.25) is 5.02 Å². The van der Waals surface area contributed by atoms with Gasteiger partial charge in [-0.2, -0.15) is 0 Å². The minimum atomic E-state index is -1.27. The molecule has 3 rings (SSSR count). The number of aryl methyl sites for hydroxylation is 1. The SMILES string of the molecule is CC(CC(CCc1ccc(-c2cccc(Cl)c2)cc1)NC(=O)c1nccc(C(=O)O)n1)C(=O)O. The van der Waals surface area contributed by atoms with Crippen LogP contribution in [-0.4, -0.2) is 44.1 Å². The van der Waals surface area contributed by atoms with Gasteiger partial charge >= 0.3 is 11.9 Å². The molecule has 1 amide bonds. The molecule has 176 valence electrons. The van der Waals surface area contributed by atoms with Gasteiger partial charge in [-0.3, -0.25) is 9.59 Å². The predicted octanol–water partition coefficient (Wildman–Crippen LogP) is 4.34. The van der Waals surface area contributed by atoms with Crippen LogP contribution in [-0.2, 0) is 11.2 Å². The molecule has 0 saturated heterocycles. The summed E-state index contributed by atoms with van der Waals surface area (Å²) < 4.78 is 0. The van der Waals surface area contributed by atoms with Crippen LogP contribution in [0.1, 0.15) is 46.4 Å². The molecule has 2 atom stereocenters. The predicted molar refractivity (Wildman–Crippen MR) is 127 cm³/mol. The number of carboxylic acid groups (broad SMARTS) is 2. The van der Waals surface area contributed by atoms with Crippen LogP contribution >= 0.6 is 11.6 Å². The molecular formula is C25H24ClN3O5. The van der Waals surface area contributed by atoms with E-state index in [1.807, 2.05) is 48.5 Å². The largest absolute Gasteiger partial charge is 0.481 e. The summed E-state index contributed by atoms with van der Waals surface area (Å²) in [7, 11) is 0. The molecule has 0 spiro atoms. The van der Waals surface area contributed by atoms with E-state index < -0.39 is 29.8 Å². The van der Waals surface area contributed by atoms with E-state index in [1.54, 1.807) is 6.92 Å². The Morgan fingerprint density at radius 1 is 1.03 bits per heavy atom. The Labute approximate surface area is 201 Å². The number of carbonyl (C=O) groups excluding carboxylic acids is 1. The van der Waals surface area contributed by atoms with Crippen LogP contribution in [0.4, 0.5) is 0 Å². The van der Waals surface area contributed by atoms with E-state index >= 15 is 0 Å². The Morgan fingerprint density at radius 2 is 1.76 bits per heavy atom. The van der Waals surface area contributed by atoms with Crippen LogP contribution in [0, 0.1) is 5.92 Å². The van der Waals surface area contributed by atoms with Gasteiger partial charge in [-0.15, -0.1) is 0 Å². The van der Waals surface area contributed by atoms with Crippen molar-refractivity contribution in [1.82, 2.24) is 15.3 Å². The average Bonchev–Trinajstić information content (AvgIpc) is 2.82. The van der Waals surface area contributed by atoms with E-state index in [9.17, 15) is 19.5 Å². The minimum absolute atomic E-state index is 0.209. The summed E-state index contributed by atoms with van der Waals surface area (Å²) in [5.41, 5.74) is 2.75. The Bertz CT molecular complexity index is 1180. The molecule has 0 fully saturated rings. The van der Waals surface area contributed by atoms with Gasteiger partial charge in [0.05, 0.1) is 5.92 Å². The number of amides is 1. The molecule has 2 unspecified atom stereocenters. The molecule has 3 aromatic rings. The zero-order valence-electron chi connectivity index (χ0n) is 18.4. The number of rotatable bonds is 10. The number of halogens is 1. The van der Waals surface area contributed by atoms with Crippen molar-refractivity contribution in [1.29, 1.82) is 0 Å². The van der Waals surface area contributed by atoms with E-state index in [0.29, 0.717) is 17.9 Å². The lowest BCUT2D eigenvalue weighted by Crippen LogP contribution is -2.38. The van der Waals surface area contributed by atoms with Gasteiger partial charge in [0, 0.05) is 17.3 Å². The lowest BCUT2D eigenvalue weighted by atomic mass is 9.95. The molecule has 1 heterocycles. The van der Waals surface area contributed by atoms with Crippen LogP contribution < -0.4 is 5.32 Å². The number of aromatic nitrogens is 2. The van der Waals surface area contributed by atoms with Crippen molar-refractivity contribution in [2.45, 2.75) is 32.2 Å². The summed E-state index contributed by atoms with van der Waals surface area (Å²) in [6, 6.07) is 16.2. The van der Waals surface area contributed by atoms with Gasteiger partial charge < -0.3 is 15.5 Å². The molecule has 0 aliphatic heterocycles. The third-order valence-corrected chi connectivity index (χ3v) is 5.60. The van der Waals surface area contributed by atoms with Crippen LogP contribution in [0.25, 0.3) is 11.1 Å². The van der Waals surface area contributed by atoms with Gasteiger partial charge in [-0.25, -0.2) is 14.8 Å². The molecule has 9 heteroatoms. The molecule has 1 aromatic heterocycles. The van der Waals surface area contributed by atoms with Crippen molar-refractivity contribution < 1.29 is 24.6 Å². The number of aromatic carboxylic acids is 1. The lowest BCUT2D eigenvalue weighted by molar-refractivity contribution is -0.141. The van der Waals surface area contributed by atoms with Crippen LogP contribution in [0.5, 0.6) is 0 Å². The molecule has 0 aliphatic rings. The zero-order chi connectivity index (χ0) is 24.7. The van der Waals surface area contributed by atoms with Crippen molar-refractivity contribution in [3.8, 4) is 11.1 Å². The van der Waals surface area contributed by atoms with Crippen molar-refractivity contribution in [2.24, 2.45) is 5.92 Å². The van der Waals surface area contributed by atoms with E-state index in [0.717, 1.165) is 16.7 Å².